The highest BCUT2D eigenvalue weighted by molar-refractivity contribution is 5.80. The number of nitrogens with one attached hydrogen (secondary N) is 1. The van der Waals surface area contributed by atoms with Gasteiger partial charge in [0.25, 0.3) is 0 Å². The van der Waals surface area contributed by atoms with Crippen molar-refractivity contribution in [1.82, 2.24) is 5.32 Å². The SMILES string of the molecule is CC(C)(C)c1ccc(N=C(NC#N)Oc2ccccc2)cc1. The Hall–Kier alpha value is -2.80. The molecule has 0 atom stereocenters. The van der Waals surface area contributed by atoms with E-state index < -0.39 is 0 Å². The van der Waals surface area contributed by atoms with E-state index in [1.807, 2.05) is 48.7 Å². The Morgan fingerprint density at radius 2 is 1.68 bits per heavy atom. The van der Waals surface area contributed by atoms with E-state index in [1.54, 1.807) is 12.1 Å². The predicted molar refractivity (Wildman–Crippen MR) is 88.1 cm³/mol. The number of nitriles is 1. The Bertz CT molecular complexity index is 677. The highest BCUT2D eigenvalue weighted by Gasteiger charge is 2.12. The number of para-hydroxylation sites is 1. The number of benzene rings is 2. The van der Waals surface area contributed by atoms with Crippen LogP contribution in [0, 0.1) is 11.5 Å². The molecule has 4 nitrogen and oxygen atoms in total. The first-order chi connectivity index (χ1) is 10.5. The van der Waals surface area contributed by atoms with Crippen LogP contribution in [0.5, 0.6) is 5.75 Å². The van der Waals surface area contributed by atoms with Gasteiger partial charge in [-0.05, 0) is 35.2 Å². The number of hydrogen-bond donors (Lipinski definition) is 1. The highest BCUT2D eigenvalue weighted by atomic mass is 16.5. The van der Waals surface area contributed by atoms with Crippen LogP contribution in [0.1, 0.15) is 26.3 Å². The van der Waals surface area contributed by atoms with Gasteiger partial charge in [-0.15, -0.1) is 0 Å². The summed E-state index contributed by atoms with van der Waals surface area (Å²) in [6.07, 6.45) is 1.84. The molecule has 0 saturated heterocycles. The minimum absolute atomic E-state index is 0.0938. The van der Waals surface area contributed by atoms with Crippen molar-refractivity contribution in [3.8, 4) is 11.9 Å². The van der Waals surface area contributed by atoms with Gasteiger partial charge in [0.2, 0.25) is 0 Å². The molecular weight excluding hydrogens is 274 g/mol. The third kappa shape index (κ3) is 4.35. The lowest BCUT2D eigenvalue weighted by Gasteiger charge is -2.18. The predicted octanol–water partition coefficient (Wildman–Crippen LogP) is 4.12. The van der Waals surface area contributed by atoms with E-state index in [0.29, 0.717) is 5.75 Å². The lowest BCUT2D eigenvalue weighted by atomic mass is 9.87. The first kappa shape index (κ1) is 15.6. The maximum Gasteiger partial charge on any atom is 0.309 e. The van der Waals surface area contributed by atoms with Crippen LogP contribution in [0.4, 0.5) is 5.69 Å². The van der Waals surface area contributed by atoms with Gasteiger partial charge in [0, 0.05) is 0 Å². The van der Waals surface area contributed by atoms with Crippen molar-refractivity contribution in [2.75, 3.05) is 0 Å². The molecule has 0 aliphatic heterocycles. The van der Waals surface area contributed by atoms with Crippen molar-refractivity contribution < 1.29 is 4.74 Å². The van der Waals surface area contributed by atoms with Crippen molar-refractivity contribution >= 4 is 11.7 Å². The van der Waals surface area contributed by atoms with E-state index in [-0.39, 0.29) is 11.4 Å². The van der Waals surface area contributed by atoms with E-state index in [9.17, 15) is 0 Å². The summed E-state index contributed by atoms with van der Waals surface area (Å²) in [5.74, 6) is 0.621. The second-order valence-corrected chi connectivity index (χ2v) is 5.87. The minimum Gasteiger partial charge on any atom is -0.425 e. The molecule has 0 aromatic heterocycles. The van der Waals surface area contributed by atoms with Crippen LogP contribution < -0.4 is 10.1 Å². The van der Waals surface area contributed by atoms with Gasteiger partial charge in [0.1, 0.15) is 5.75 Å². The zero-order valence-electron chi connectivity index (χ0n) is 13.0. The van der Waals surface area contributed by atoms with E-state index >= 15 is 0 Å². The summed E-state index contributed by atoms with van der Waals surface area (Å²) >= 11 is 0. The van der Waals surface area contributed by atoms with Crippen LogP contribution in [-0.4, -0.2) is 6.02 Å². The molecule has 0 saturated carbocycles. The Morgan fingerprint density at radius 1 is 1.05 bits per heavy atom. The molecule has 0 unspecified atom stereocenters. The fourth-order valence-electron chi connectivity index (χ4n) is 1.88. The van der Waals surface area contributed by atoms with Crippen LogP contribution in [-0.2, 0) is 5.41 Å². The van der Waals surface area contributed by atoms with E-state index in [1.165, 1.54) is 5.56 Å². The number of hydrogen-bond acceptors (Lipinski definition) is 3. The zero-order valence-corrected chi connectivity index (χ0v) is 13.0. The number of rotatable bonds is 2. The molecule has 0 spiro atoms. The molecule has 0 aliphatic rings. The van der Waals surface area contributed by atoms with Gasteiger partial charge in [-0.2, -0.15) is 10.3 Å². The molecule has 0 fully saturated rings. The molecule has 112 valence electrons. The molecule has 0 bridgehead atoms. The normalized spacial score (nSPS) is 11.6. The van der Waals surface area contributed by atoms with Crippen LogP contribution in [0.2, 0.25) is 0 Å². The number of aliphatic imine (C=N–C) groups is 1. The van der Waals surface area contributed by atoms with Crippen LogP contribution in [0.3, 0.4) is 0 Å². The second-order valence-electron chi connectivity index (χ2n) is 5.87. The van der Waals surface area contributed by atoms with Crippen molar-refractivity contribution in [3.05, 3.63) is 60.2 Å². The molecule has 2 rings (SSSR count). The van der Waals surface area contributed by atoms with Crippen molar-refractivity contribution in [2.45, 2.75) is 26.2 Å². The van der Waals surface area contributed by atoms with Gasteiger partial charge in [0.15, 0.2) is 6.19 Å². The average molecular weight is 293 g/mol. The summed E-state index contributed by atoms with van der Waals surface area (Å²) in [7, 11) is 0. The summed E-state index contributed by atoms with van der Waals surface area (Å²) in [5.41, 5.74) is 2.04. The Balaban J connectivity index is 2.21. The largest absolute Gasteiger partial charge is 0.425 e. The van der Waals surface area contributed by atoms with E-state index in [4.69, 9.17) is 10.00 Å². The monoisotopic (exact) mass is 293 g/mol. The Morgan fingerprint density at radius 3 is 2.23 bits per heavy atom. The smallest absolute Gasteiger partial charge is 0.309 e. The van der Waals surface area contributed by atoms with Crippen LogP contribution in [0.25, 0.3) is 0 Å². The molecule has 0 aliphatic carbocycles. The van der Waals surface area contributed by atoms with Crippen molar-refractivity contribution in [3.63, 3.8) is 0 Å². The summed E-state index contributed by atoms with van der Waals surface area (Å²) in [4.78, 5) is 4.33. The number of ether oxygens (including phenoxy) is 1. The van der Waals surface area contributed by atoms with Gasteiger partial charge >= 0.3 is 6.02 Å². The Kier molecular flexibility index (Phi) is 4.80. The molecule has 0 heterocycles. The van der Waals surface area contributed by atoms with Crippen LogP contribution >= 0.6 is 0 Å². The first-order valence-electron chi connectivity index (χ1n) is 7.06. The van der Waals surface area contributed by atoms with Gasteiger partial charge in [0.05, 0.1) is 5.69 Å². The van der Waals surface area contributed by atoms with Gasteiger partial charge in [-0.25, -0.2) is 5.32 Å². The van der Waals surface area contributed by atoms with Crippen LogP contribution in [0.15, 0.2) is 59.6 Å². The number of nitrogens with zero attached hydrogens (tertiary/aromatic N) is 2. The zero-order chi connectivity index (χ0) is 16.0. The highest BCUT2D eigenvalue weighted by Crippen LogP contribution is 2.24. The molecule has 22 heavy (non-hydrogen) atoms. The van der Waals surface area contributed by atoms with Gasteiger partial charge < -0.3 is 4.74 Å². The van der Waals surface area contributed by atoms with Crippen molar-refractivity contribution in [1.29, 1.82) is 5.26 Å². The maximum atomic E-state index is 8.82. The second kappa shape index (κ2) is 6.77. The molecule has 2 aromatic rings. The molecular formula is C18H19N3O. The molecule has 1 N–H and O–H groups in total. The summed E-state index contributed by atoms with van der Waals surface area (Å²) in [5, 5.41) is 11.3. The summed E-state index contributed by atoms with van der Waals surface area (Å²) in [6, 6.07) is 17.3. The summed E-state index contributed by atoms with van der Waals surface area (Å²) in [6.45, 7) is 6.48. The van der Waals surface area contributed by atoms with Gasteiger partial charge in [-0.1, -0.05) is 51.1 Å². The third-order valence-corrected chi connectivity index (χ3v) is 3.08. The molecule has 0 radical (unpaired) electrons. The molecule has 0 amide bonds. The average Bonchev–Trinajstić information content (AvgIpc) is 2.48. The molecule has 4 heteroatoms. The quantitative estimate of drug-likeness (QED) is 0.392. The Labute approximate surface area is 131 Å². The lowest BCUT2D eigenvalue weighted by Crippen LogP contribution is -2.24. The van der Waals surface area contributed by atoms with E-state index in [2.05, 4.69) is 31.1 Å². The van der Waals surface area contributed by atoms with Crippen molar-refractivity contribution in [2.24, 2.45) is 4.99 Å². The van der Waals surface area contributed by atoms with Gasteiger partial charge in [-0.3, -0.25) is 0 Å². The standard InChI is InChI=1S/C18H19N3O/c1-18(2,3)14-9-11-15(12-10-14)21-17(20-13-19)22-16-7-5-4-6-8-16/h4-12H,1-3H3,(H,20,21). The molecule has 2 aromatic carbocycles. The number of amidine groups is 1. The maximum absolute atomic E-state index is 8.82. The topological polar surface area (TPSA) is 57.4 Å². The minimum atomic E-state index is 0.0938. The third-order valence-electron chi connectivity index (χ3n) is 3.08. The fourth-order valence-corrected chi connectivity index (χ4v) is 1.88. The first-order valence-corrected chi connectivity index (χ1v) is 7.06. The summed E-state index contributed by atoms with van der Waals surface area (Å²) < 4.78 is 5.57. The lowest BCUT2D eigenvalue weighted by molar-refractivity contribution is 0.531. The van der Waals surface area contributed by atoms with E-state index in [0.717, 1.165) is 5.69 Å². The fraction of sp³-hybridized carbons (Fsp3) is 0.222.